The predicted octanol–water partition coefficient (Wildman–Crippen LogP) is 4.15. The highest BCUT2D eigenvalue weighted by atomic mass is 35.5. The lowest BCUT2D eigenvalue weighted by molar-refractivity contribution is -0.137. The molecule has 1 heterocycles. The summed E-state index contributed by atoms with van der Waals surface area (Å²) in [5, 5.41) is 2.21. The fourth-order valence-corrected chi connectivity index (χ4v) is 2.08. The van der Waals surface area contributed by atoms with E-state index in [0.29, 0.717) is 11.1 Å². The number of ether oxygens (including phenoxy) is 1. The van der Waals surface area contributed by atoms with Crippen LogP contribution < -0.4 is 5.32 Å². The van der Waals surface area contributed by atoms with E-state index >= 15 is 0 Å². The molecule has 0 spiro atoms. The van der Waals surface area contributed by atoms with E-state index in [-0.39, 0.29) is 12.2 Å². The van der Waals surface area contributed by atoms with Crippen molar-refractivity contribution in [2.45, 2.75) is 12.7 Å². The van der Waals surface area contributed by atoms with Gasteiger partial charge >= 0.3 is 12.1 Å². The molecule has 0 aliphatic carbocycles. The molecule has 0 atom stereocenters. The quantitative estimate of drug-likeness (QED) is 0.668. The van der Waals surface area contributed by atoms with Gasteiger partial charge in [0.15, 0.2) is 0 Å². The molecule has 0 amide bonds. The van der Waals surface area contributed by atoms with Crippen molar-refractivity contribution in [3.8, 4) is 0 Å². The third-order valence-corrected chi connectivity index (χ3v) is 3.29. The van der Waals surface area contributed by atoms with E-state index in [1.165, 1.54) is 13.3 Å². The Morgan fingerprint density at radius 1 is 1.35 bits per heavy atom. The summed E-state index contributed by atoms with van der Waals surface area (Å²) >= 11 is 5.46. The van der Waals surface area contributed by atoms with Gasteiger partial charge in [-0.2, -0.15) is 13.2 Å². The van der Waals surface area contributed by atoms with Gasteiger partial charge in [-0.3, -0.25) is 0 Å². The zero-order valence-electron chi connectivity index (χ0n) is 11.9. The minimum absolute atomic E-state index is 0.171. The van der Waals surface area contributed by atoms with Crippen LogP contribution >= 0.6 is 11.6 Å². The molecule has 0 unspecified atom stereocenters. The molecule has 0 saturated carbocycles. The Bertz CT molecular complexity index is 720. The maximum atomic E-state index is 12.8. The summed E-state index contributed by atoms with van der Waals surface area (Å²) in [6, 6.07) is 7.45. The van der Waals surface area contributed by atoms with E-state index in [2.05, 4.69) is 15.0 Å². The van der Waals surface area contributed by atoms with Crippen LogP contribution in [-0.2, 0) is 17.5 Å². The topological polar surface area (TPSA) is 51.2 Å². The number of nitrogens with zero attached hydrogens (tertiary/aromatic N) is 1. The Morgan fingerprint density at radius 3 is 2.74 bits per heavy atom. The van der Waals surface area contributed by atoms with Crippen molar-refractivity contribution in [3.63, 3.8) is 0 Å². The molecular formula is C15H12ClF3N2O2. The first kappa shape index (κ1) is 17.1. The summed E-state index contributed by atoms with van der Waals surface area (Å²) in [5.74, 6) is -0.487. The second kappa shape index (κ2) is 6.87. The number of rotatable bonds is 4. The van der Waals surface area contributed by atoms with Crippen molar-refractivity contribution in [2.75, 3.05) is 12.4 Å². The van der Waals surface area contributed by atoms with Crippen molar-refractivity contribution in [1.82, 2.24) is 4.98 Å². The average Bonchev–Trinajstić information content (AvgIpc) is 2.52. The predicted molar refractivity (Wildman–Crippen MR) is 79.4 cm³/mol. The number of hydrogen-bond donors (Lipinski definition) is 1. The van der Waals surface area contributed by atoms with Crippen molar-refractivity contribution in [2.24, 2.45) is 0 Å². The van der Waals surface area contributed by atoms with Gasteiger partial charge in [-0.1, -0.05) is 23.7 Å². The smallest absolute Gasteiger partial charge is 0.419 e. The molecule has 0 aliphatic heterocycles. The van der Waals surface area contributed by atoms with Gasteiger partial charge in [0.05, 0.1) is 30.1 Å². The molecule has 1 aromatic heterocycles. The molecule has 1 N–H and O–H groups in total. The molecular weight excluding hydrogens is 333 g/mol. The van der Waals surface area contributed by atoms with Crippen LogP contribution in [0.4, 0.5) is 18.9 Å². The Hall–Kier alpha value is -2.28. The molecule has 2 rings (SSSR count). The molecule has 1 aromatic carbocycles. The Labute approximate surface area is 135 Å². The molecule has 0 bridgehead atoms. The normalized spacial score (nSPS) is 11.2. The van der Waals surface area contributed by atoms with Crippen LogP contribution in [0.25, 0.3) is 0 Å². The summed E-state index contributed by atoms with van der Waals surface area (Å²) in [6.07, 6.45) is -3.37. The first-order valence-corrected chi connectivity index (χ1v) is 6.83. The van der Waals surface area contributed by atoms with Crippen LogP contribution in [0.15, 0.2) is 36.5 Å². The van der Waals surface area contributed by atoms with Gasteiger partial charge in [0, 0.05) is 6.54 Å². The van der Waals surface area contributed by atoms with Crippen molar-refractivity contribution < 1.29 is 22.7 Å². The second-order valence-electron chi connectivity index (χ2n) is 4.61. The molecule has 23 heavy (non-hydrogen) atoms. The van der Waals surface area contributed by atoms with Crippen LogP contribution in [0.5, 0.6) is 0 Å². The standard InChI is InChI=1S/C15H12ClF3N2O2/c1-23-14(22)10-4-2-3-9(5-10)7-20-11-6-12(15(17,18)19)13(16)21-8-11/h2-6,8,20H,7H2,1H3. The third kappa shape index (κ3) is 4.35. The zero-order chi connectivity index (χ0) is 17.0. The fraction of sp³-hybridized carbons (Fsp3) is 0.200. The largest absolute Gasteiger partial charge is 0.465 e. The zero-order valence-corrected chi connectivity index (χ0v) is 12.7. The van der Waals surface area contributed by atoms with Crippen LogP contribution in [0.3, 0.4) is 0 Å². The van der Waals surface area contributed by atoms with E-state index in [0.717, 1.165) is 6.07 Å². The van der Waals surface area contributed by atoms with Crippen molar-refractivity contribution >= 4 is 23.3 Å². The SMILES string of the molecule is COC(=O)c1cccc(CNc2cnc(Cl)c(C(F)(F)F)c2)c1. The van der Waals surface area contributed by atoms with Gasteiger partial charge in [0.1, 0.15) is 5.15 Å². The molecule has 122 valence electrons. The van der Waals surface area contributed by atoms with Gasteiger partial charge in [-0.05, 0) is 23.8 Å². The summed E-state index contributed by atoms with van der Waals surface area (Å²) in [5.41, 5.74) is 0.228. The molecule has 0 saturated heterocycles. The average molecular weight is 345 g/mol. The van der Waals surface area contributed by atoms with Crippen LogP contribution in [-0.4, -0.2) is 18.1 Å². The second-order valence-corrected chi connectivity index (χ2v) is 4.96. The highest BCUT2D eigenvalue weighted by Crippen LogP contribution is 2.34. The minimum Gasteiger partial charge on any atom is -0.465 e. The summed E-state index contributed by atoms with van der Waals surface area (Å²) in [4.78, 5) is 15.0. The number of esters is 1. The Kier molecular flexibility index (Phi) is 5.10. The first-order valence-electron chi connectivity index (χ1n) is 6.45. The van der Waals surface area contributed by atoms with E-state index in [1.54, 1.807) is 24.3 Å². The monoisotopic (exact) mass is 344 g/mol. The van der Waals surface area contributed by atoms with Crippen LogP contribution in [0, 0.1) is 0 Å². The van der Waals surface area contributed by atoms with E-state index in [4.69, 9.17) is 11.6 Å². The number of alkyl halides is 3. The van der Waals surface area contributed by atoms with E-state index in [1.807, 2.05) is 0 Å². The number of halogens is 4. The number of benzene rings is 1. The lowest BCUT2D eigenvalue weighted by Gasteiger charge is -2.12. The maximum absolute atomic E-state index is 12.8. The molecule has 8 heteroatoms. The minimum atomic E-state index is -4.58. The van der Waals surface area contributed by atoms with Gasteiger partial charge in [-0.15, -0.1) is 0 Å². The lowest BCUT2D eigenvalue weighted by atomic mass is 10.1. The molecule has 2 aromatic rings. The maximum Gasteiger partial charge on any atom is 0.419 e. The third-order valence-electron chi connectivity index (χ3n) is 2.99. The number of anilines is 1. The number of hydrogen-bond acceptors (Lipinski definition) is 4. The molecule has 4 nitrogen and oxygen atoms in total. The first-order chi connectivity index (χ1) is 10.8. The van der Waals surface area contributed by atoms with Gasteiger partial charge < -0.3 is 10.1 Å². The summed E-state index contributed by atoms with van der Waals surface area (Å²) < 4.78 is 42.9. The van der Waals surface area contributed by atoms with Crippen LogP contribution in [0.2, 0.25) is 5.15 Å². The van der Waals surface area contributed by atoms with Crippen LogP contribution in [0.1, 0.15) is 21.5 Å². The van der Waals surface area contributed by atoms with Gasteiger partial charge in [-0.25, -0.2) is 9.78 Å². The van der Waals surface area contributed by atoms with Gasteiger partial charge in [0.25, 0.3) is 0 Å². The molecule has 0 radical (unpaired) electrons. The number of methoxy groups -OCH3 is 1. The number of aromatic nitrogens is 1. The fourth-order valence-electron chi connectivity index (χ4n) is 1.87. The van der Waals surface area contributed by atoms with Gasteiger partial charge in [0.2, 0.25) is 0 Å². The van der Waals surface area contributed by atoms with Crippen molar-refractivity contribution in [1.29, 1.82) is 0 Å². The van der Waals surface area contributed by atoms with Crippen molar-refractivity contribution in [3.05, 3.63) is 58.4 Å². The summed E-state index contributed by atoms with van der Waals surface area (Å²) in [6.45, 7) is 0.214. The highest BCUT2D eigenvalue weighted by molar-refractivity contribution is 6.30. The Balaban J connectivity index is 2.14. The number of carbonyl (C=O) groups is 1. The van der Waals surface area contributed by atoms with E-state index in [9.17, 15) is 18.0 Å². The number of nitrogens with one attached hydrogen (secondary N) is 1. The summed E-state index contributed by atoms with van der Waals surface area (Å²) in [7, 11) is 1.27. The lowest BCUT2D eigenvalue weighted by Crippen LogP contribution is -2.09. The number of pyridine rings is 1. The molecule has 0 aliphatic rings. The molecule has 0 fully saturated rings. The van der Waals surface area contributed by atoms with E-state index < -0.39 is 22.9 Å². The highest BCUT2D eigenvalue weighted by Gasteiger charge is 2.34. The Morgan fingerprint density at radius 2 is 2.09 bits per heavy atom. The number of carbonyl (C=O) groups excluding carboxylic acids is 1.